The number of anilines is 2. The van der Waals surface area contributed by atoms with E-state index in [1.807, 2.05) is 44.1 Å². The predicted octanol–water partition coefficient (Wildman–Crippen LogP) is 2.35. The third-order valence-electron chi connectivity index (χ3n) is 4.28. The number of benzene rings is 1. The lowest BCUT2D eigenvalue weighted by Gasteiger charge is -2.29. The Morgan fingerprint density at radius 1 is 1.28 bits per heavy atom. The summed E-state index contributed by atoms with van der Waals surface area (Å²) in [6.45, 7) is 4.20. The zero-order chi connectivity index (χ0) is 17.8. The van der Waals surface area contributed by atoms with Gasteiger partial charge in [-0.2, -0.15) is 0 Å². The number of aryl methyl sites for hydroxylation is 2. The van der Waals surface area contributed by atoms with Gasteiger partial charge in [0, 0.05) is 31.4 Å². The summed E-state index contributed by atoms with van der Waals surface area (Å²) in [6, 6.07) is 9.85. The molecule has 0 radical (unpaired) electrons. The average molecular weight is 339 g/mol. The van der Waals surface area contributed by atoms with Crippen molar-refractivity contribution in [3.63, 3.8) is 0 Å². The first-order valence-electron chi connectivity index (χ1n) is 8.68. The van der Waals surface area contributed by atoms with Crippen molar-refractivity contribution in [1.82, 2.24) is 14.9 Å². The Labute approximate surface area is 148 Å². The summed E-state index contributed by atoms with van der Waals surface area (Å²) in [5.41, 5.74) is 2.66. The Morgan fingerprint density at radius 2 is 2.08 bits per heavy atom. The van der Waals surface area contributed by atoms with E-state index >= 15 is 0 Å². The minimum absolute atomic E-state index is 0.0618. The molecule has 0 atom stereocenters. The first-order valence-corrected chi connectivity index (χ1v) is 8.68. The molecule has 25 heavy (non-hydrogen) atoms. The normalized spacial score (nSPS) is 13.7. The Hall–Kier alpha value is -2.47. The van der Waals surface area contributed by atoms with E-state index < -0.39 is 0 Å². The number of fused-ring (bicyclic) bond motifs is 1. The number of rotatable bonds is 5. The van der Waals surface area contributed by atoms with Gasteiger partial charge in [-0.3, -0.25) is 4.79 Å². The van der Waals surface area contributed by atoms with Crippen LogP contribution in [0.1, 0.15) is 28.3 Å². The first-order chi connectivity index (χ1) is 12.0. The summed E-state index contributed by atoms with van der Waals surface area (Å²) < 4.78 is 0. The molecule has 6 heteroatoms. The van der Waals surface area contributed by atoms with E-state index in [1.165, 1.54) is 5.56 Å². The number of carbonyl (C=O) groups is 1. The van der Waals surface area contributed by atoms with Gasteiger partial charge in [-0.15, -0.1) is 0 Å². The van der Waals surface area contributed by atoms with Crippen LogP contribution < -0.4 is 10.2 Å². The highest BCUT2D eigenvalue weighted by Gasteiger charge is 2.24. The molecule has 1 aliphatic heterocycles. The number of nitrogens with one attached hydrogen (secondary N) is 1. The number of carbonyl (C=O) groups excluding carboxylic acids is 1. The molecular formula is C19H25N5O. The van der Waals surface area contributed by atoms with Crippen molar-refractivity contribution in [1.29, 1.82) is 0 Å². The van der Waals surface area contributed by atoms with Gasteiger partial charge >= 0.3 is 0 Å². The first kappa shape index (κ1) is 17.4. The molecule has 0 saturated carbocycles. The van der Waals surface area contributed by atoms with Crippen LogP contribution in [0.3, 0.4) is 0 Å². The quantitative estimate of drug-likeness (QED) is 0.906. The van der Waals surface area contributed by atoms with Crippen molar-refractivity contribution >= 4 is 17.4 Å². The van der Waals surface area contributed by atoms with Gasteiger partial charge in [-0.25, -0.2) is 9.97 Å². The van der Waals surface area contributed by atoms with Crippen LogP contribution in [-0.2, 0) is 6.42 Å². The van der Waals surface area contributed by atoms with Crippen LogP contribution in [0, 0.1) is 6.92 Å². The van der Waals surface area contributed by atoms with Crippen LogP contribution in [0.25, 0.3) is 0 Å². The van der Waals surface area contributed by atoms with Gasteiger partial charge in [0.25, 0.3) is 5.91 Å². The summed E-state index contributed by atoms with van der Waals surface area (Å²) in [6.07, 6.45) is 1.99. The van der Waals surface area contributed by atoms with Crippen molar-refractivity contribution in [3.05, 3.63) is 47.4 Å². The van der Waals surface area contributed by atoms with Crippen LogP contribution in [0.5, 0.6) is 0 Å². The SMILES string of the molecule is Cc1nc(NCCN(C)C)cc(C(=O)N2CCCc3ccccc32)n1. The number of hydrogen-bond acceptors (Lipinski definition) is 5. The number of aromatic nitrogens is 2. The molecule has 0 spiro atoms. The Balaban J connectivity index is 1.82. The molecular weight excluding hydrogens is 314 g/mol. The van der Waals surface area contributed by atoms with Crippen molar-refractivity contribution < 1.29 is 4.79 Å². The monoisotopic (exact) mass is 339 g/mol. The van der Waals surface area contributed by atoms with Gasteiger partial charge in [0.15, 0.2) is 0 Å². The fourth-order valence-electron chi connectivity index (χ4n) is 3.06. The standard InChI is InChI=1S/C19H25N5O/c1-14-21-16(13-18(22-14)20-10-12-23(2)3)19(25)24-11-6-8-15-7-4-5-9-17(15)24/h4-5,7,9,13H,6,8,10-12H2,1-3H3,(H,20,21,22). The van der Waals surface area contributed by atoms with Gasteiger partial charge in [-0.05, 0) is 45.5 Å². The van der Waals surface area contributed by atoms with E-state index in [0.29, 0.717) is 17.3 Å². The van der Waals surface area contributed by atoms with Gasteiger partial charge in [0.05, 0.1) is 0 Å². The smallest absolute Gasteiger partial charge is 0.277 e. The fourth-order valence-corrected chi connectivity index (χ4v) is 3.06. The highest BCUT2D eigenvalue weighted by Crippen LogP contribution is 2.28. The van der Waals surface area contributed by atoms with Crippen LogP contribution in [0.15, 0.2) is 30.3 Å². The summed E-state index contributed by atoms with van der Waals surface area (Å²) in [4.78, 5) is 25.7. The second kappa shape index (κ2) is 7.61. The largest absolute Gasteiger partial charge is 0.369 e. The Morgan fingerprint density at radius 3 is 2.88 bits per heavy atom. The molecule has 6 nitrogen and oxygen atoms in total. The number of nitrogens with zero attached hydrogens (tertiary/aromatic N) is 4. The third-order valence-corrected chi connectivity index (χ3v) is 4.28. The number of para-hydroxylation sites is 1. The third kappa shape index (κ3) is 4.14. The molecule has 1 aromatic heterocycles. The lowest BCUT2D eigenvalue weighted by molar-refractivity contribution is 0.0980. The summed E-state index contributed by atoms with van der Waals surface area (Å²) in [5, 5.41) is 3.27. The molecule has 1 amide bonds. The zero-order valence-corrected chi connectivity index (χ0v) is 15.1. The summed E-state index contributed by atoms with van der Waals surface area (Å²) in [7, 11) is 4.05. The van der Waals surface area contributed by atoms with E-state index in [4.69, 9.17) is 0 Å². The van der Waals surface area contributed by atoms with E-state index in [2.05, 4.69) is 26.3 Å². The number of amides is 1. The minimum atomic E-state index is -0.0618. The lowest BCUT2D eigenvalue weighted by atomic mass is 10.0. The molecule has 2 aromatic rings. The lowest BCUT2D eigenvalue weighted by Crippen LogP contribution is -2.36. The molecule has 0 unspecified atom stereocenters. The van der Waals surface area contributed by atoms with E-state index in [0.717, 1.165) is 38.2 Å². The zero-order valence-electron chi connectivity index (χ0n) is 15.1. The average Bonchev–Trinajstić information content (AvgIpc) is 2.60. The maximum Gasteiger partial charge on any atom is 0.277 e. The van der Waals surface area contributed by atoms with Crippen LogP contribution in [-0.4, -0.2) is 54.5 Å². The maximum absolute atomic E-state index is 13.0. The molecule has 2 heterocycles. The molecule has 1 aliphatic rings. The van der Waals surface area contributed by atoms with Gasteiger partial charge < -0.3 is 15.1 Å². The minimum Gasteiger partial charge on any atom is -0.369 e. The highest BCUT2D eigenvalue weighted by molar-refractivity contribution is 6.05. The van der Waals surface area contributed by atoms with Crippen molar-refractivity contribution in [2.75, 3.05) is 43.9 Å². The van der Waals surface area contributed by atoms with E-state index in [-0.39, 0.29) is 5.91 Å². The second-order valence-electron chi connectivity index (χ2n) is 6.60. The summed E-state index contributed by atoms with van der Waals surface area (Å²) >= 11 is 0. The molecule has 0 saturated heterocycles. The van der Waals surface area contributed by atoms with Crippen molar-refractivity contribution in [2.24, 2.45) is 0 Å². The molecule has 1 N–H and O–H groups in total. The second-order valence-corrected chi connectivity index (χ2v) is 6.60. The molecule has 0 bridgehead atoms. The van der Waals surface area contributed by atoms with Gasteiger partial charge in [0.2, 0.25) is 0 Å². The predicted molar refractivity (Wildman–Crippen MR) is 100 cm³/mol. The van der Waals surface area contributed by atoms with Crippen LogP contribution in [0.2, 0.25) is 0 Å². The van der Waals surface area contributed by atoms with Crippen LogP contribution in [0.4, 0.5) is 11.5 Å². The molecule has 0 aliphatic carbocycles. The van der Waals surface area contributed by atoms with Gasteiger partial charge in [0.1, 0.15) is 17.3 Å². The Kier molecular flexibility index (Phi) is 5.28. The molecule has 1 aromatic carbocycles. The van der Waals surface area contributed by atoms with E-state index in [9.17, 15) is 4.79 Å². The molecule has 132 valence electrons. The molecule has 0 fully saturated rings. The number of likely N-dealkylation sites (N-methyl/N-ethyl adjacent to an activating group) is 1. The highest BCUT2D eigenvalue weighted by atomic mass is 16.2. The fraction of sp³-hybridized carbons (Fsp3) is 0.421. The van der Waals surface area contributed by atoms with Crippen molar-refractivity contribution in [3.8, 4) is 0 Å². The topological polar surface area (TPSA) is 61.4 Å². The van der Waals surface area contributed by atoms with Crippen molar-refractivity contribution in [2.45, 2.75) is 19.8 Å². The molecule has 3 rings (SSSR count). The summed E-state index contributed by atoms with van der Waals surface area (Å²) in [5.74, 6) is 1.24. The number of hydrogen-bond donors (Lipinski definition) is 1. The van der Waals surface area contributed by atoms with E-state index in [1.54, 1.807) is 6.07 Å². The van der Waals surface area contributed by atoms with Gasteiger partial charge in [-0.1, -0.05) is 18.2 Å². The maximum atomic E-state index is 13.0. The Bertz CT molecular complexity index is 759. The van der Waals surface area contributed by atoms with Crippen LogP contribution >= 0.6 is 0 Å².